The Balaban J connectivity index is 1.64. The summed E-state index contributed by atoms with van der Waals surface area (Å²) >= 11 is 0. The SMILES string of the molecule is CC(=O)Nc1ccc(S(=O)(=O)NC(C)c2ccc(NC(=O)C3CC3)cc2)cc1. The Hall–Kier alpha value is -2.71. The molecule has 1 saturated carbocycles. The molecule has 0 radical (unpaired) electrons. The van der Waals surface area contributed by atoms with Crippen molar-refractivity contribution < 1.29 is 18.0 Å². The maximum Gasteiger partial charge on any atom is 0.241 e. The second-order valence-electron chi connectivity index (χ2n) is 6.93. The number of anilines is 2. The summed E-state index contributed by atoms with van der Waals surface area (Å²) in [6, 6.07) is 12.6. The summed E-state index contributed by atoms with van der Waals surface area (Å²) in [6.07, 6.45) is 1.88. The van der Waals surface area contributed by atoms with Gasteiger partial charge in [0.05, 0.1) is 4.90 Å². The fraction of sp³-hybridized carbons (Fsp3) is 0.300. The average Bonchev–Trinajstić information content (AvgIpc) is 3.47. The zero-order valence-electron chi connectivity index (χ0n) is 15.7. The Morgan fingerprint density at radius 3 is 2.00 bits per heavy atom. The monoisotopic (exact) mass is 401 g/mol. The van der Waals surface area contributed by atoms with Crippen molar-refractivity contribution in [3.63, 3.8) is 0 Å². The Labute approximate surface area is 164 Å². The first kappa shape index (κ1) is 20.0. The highest BCUT2D eigenvalue weighted by Gasteiger charge is 2.29. The molecule has 2 aromatic carbocycles. The standard InChI is InChI=1S/C20H23N3O4S/c1-13(15-5-7-18(8-6-15)22-20(25)16-3-4-16)23-28(26,27)19-11-9-17(10-12-19)21-14(2)24/h5-13,16,23H,3-4H2,1-2H3,(H,21,24)(H,22,25). The van der Waals surface area contributed by atoms with Crippen LogP contribution >= 0.6 is 0 Å². The van der Waals surface area contributed by atoms with Gasteiger partial charge in [0.2, 0.25) is 21.8 Å². The molecular weight excluding hydrogens is 378 g/mol. The van der Waals surface area contributed by atoms with Crippen molar-refractivity contribution in [2.75, 3.05) is 10.6 Å². The van der Waals surface area contributed by atoms with Crippen molar-refractivity contribution in [2.45, 2.75) is 37.6 Å². The predicted molar refractivity (Wildman–Crippen MR) is 107 cm³/mol. The maximum absolute atomic E-state index is 12.6. The van der Waals surface area contributed by atoms with Gasteiger partial charge in [-0.3, -0.25) is 9.59 Å². The summed E-state index contributed by atoms with van der Waals surface area (Å²) in [6.45, 7) is 3.14. The first-order chi connectivity index (χ1) is 13.2. The lowest BCUT2D eigenvalue weighted by molar-refractivity contribution is -0.117. The molecule has 3 rings (SSSR count). The lowest BCUT2D eigenvalue weighted by Gasteiger charge is -2.15. The van der Waals surface area contributed by atoms with Crippen LogP contribution in [0.4, 0.5) is 11.4 Å². The second-order valence-corrected chi connectivity index (χ2v) is 8.65. The Bertz CT molecular complexity index is 966. The molecule has 0 aromatic heterocycles. The molecule has 1 fully saturated rings. The van der Waals surface area contributed by atoms with Crippen molar-refractivity contribution in [3.8, 4) is 0 Å². The van der Waals surface area contributed by atoms with Gasteiger partial charge in [0.1, 0.15) is 0 Å². The third-order valence-corrected chi connectivity index (χ3v) is 6.00. The number of benzene rings is 2. The van der Waals surface area contributed by atoms with E-state index >= 15 is 0 Å². The minimum absolute atomic E-state index is 0.0317. The summed E-state index contributed by atoms with van der Waals surface area (Å²) in [7, 11) is -3.72. The highest BCUT2D eigenvalue weighted by atomic mass is 32.2. The smallest absolute Gasteiger partial charge is 0.241 e. The van der Waals surface area contributed by atoms with E-state index < -0.39 is 16.1 Å². The van der Waals surface area contributed by atoms with Gasteiger partial charge in [-0.05, 0) is 61.7 Å². The zero-order valence-corrected chi connectivity index (χ0v) is 16.5. The third kappa shape index (κ3) is 5.17. The van der Waals surface area contributed by atoms with Crippen molar-refractivity contribution >= 4 is 33.2 Å². The van der Waals surface area contributed by atoms with Gasteiger partial charge in [0, 0.05) is 30.3 Å². The first-order valence-corrected chi connectivity index (χ1v) is 10.5. The molecule has 1 aliphatic carbocycles. The van der Waals surface area contributed by atoms with Crippen LogP contribution in [0.25, 0.3) is 0 Å². The zero-order chi connectivity index (χ0) is 20.3. The second kappa shape index (κ2) is 8.12. The first-order valence-electron chi connectivity index (χ1n) is 9.05. The van der Waals surface area contributed by atoms with Crippen molar-refractivity contribution in [1.82, 2.24) is 4.72 Å². The van der Waals surface area contributed by atoms with Crippen LogP contribution in [-0.2, 0) is 19.6 Å². The summed E-state index contributed by atoms with van der Waals surface area (Å²) in [5.41, 5.74) is 2.01. The fourth-order valence-corrected chi connectivity index (χ4v) is 3.97. The van der Waals surface area contributed by atoms with Gasteiger partial charge >= 0.3 is 0 Å². The van der Waals surface area contributed by atoms with E-state index in [1.807, 2.05) is 0 Å². The van der Waals surface area contributed by atoms with Crippen LogP contribution in [0.5, 0.6) is 0 Å². The normalized spacial score (nSPS) is 14.9. The summed E-state index contributed by atoms with van der Waals surface area (Å²) in [5, 5.41) is 5.45. The van der Waals surface area contributed by atoms with Crippen LogP contribution in [-0.4, -0.2) is 20.2 Å². The third-order valence-electron chi connectivity index (χ3n) is 4.44. The highest BCUT2D eigenvalue weighted by molar-refractivity contribution is 7.89. The van der Waals surface area contributed by atoms with Crippen molar-refractivity contribution in [1.29, 1.82) is 0 Å². The molecule has 28 heavy (non-hydrogen) atoms. The Morgan fingerprint density at radius 2 is 1.46 bits per heavy atom. The maximum atomic E-state index is 12.6. The van der Waals surface area contributed by atoms with E-state index in [9.17, 15) is 18.0 Å². The molecule has 7 nitrogen and oxygen atoms in total. The minimum Gasteiger partial charge on any atom is -0.326 e. The summed E-state index contributed by atoms with van der Waals surface area (Å²) in [4.78, 5) is 23.0. The summed E-state index contributed by atoms with van der Waals surface area (Å²) in [5.74, 6) is -0.0641. The number of hydrogen-bond donors (Lipinski definition) is 3. The average molecular weight is 401 g/mol. The van der Waals surface area contributed by atoms with Crippen LogP contribution in [0.2, 0.25) is 0 Å². The predicted octanol–water partition coefficient (Wildman–Crippen LogP) is 3.03. The van der Waals surface area contributed by atoms with Gasteiger partial charge in [-0.1, -0.05) is 12.1 Å². The number of hydrogen-bond acceptors (Lipinski definition) is 4. The molecule has 0 saturated heterocycles. The molecule has 8 heteroatoms. The van der Waals surface area contributed by atoms with Crippen LogP contribution in [0.3, 0.4) is 0 Å². The molecule has 1 unspecified atom stereocenters. The van der Waals surface area contributed by atoms with Gasteiger partial charge in [-0.25, -0.2) is 13.1 Å². The van der Waals surface area contributed by atoms with Gasteiger partial charge in [0.15, 0.2) is 0 Å². The van der Waals surface area contributed by atoms with Crippen LogP contribution in [0.15, 0.2) is 53.4 Å². The Kier molecular flexibility index (Phi) is 5.81. The van der Waals surface area contributed by atoms with E-state index in [4.69, 9.17) is 0 Å². The number of sulfonamides is 1. The molecule has 2 aromatic rings. The van der Waals surface area contributed by atoms with E-state index in [2.05, 4.69) is 15.4 Å². The molecule has 3 N–H and O–H groups in total. The number of rotatable bonds is 7. The van der Waals surface area contributed by atoms with E-state index in [0.717, 1.165) is 18.4 Å². The molecule has 0 bridgehead atoms. The Morgan fingerprint density at radius 1 is 0.929 bits per heavy atom. The quantitative estimate of drug-likeness (QED) is 0.663. The summed E-state index contributed by atoms with van der Waals surface area (Å²) < 4.78 is 27.8. The molecule has 0 aliphatic heterocycles. The number of amides is 2. The van der Waals surface area contributed by atoms with Crippen molar-refractivity contribution in [3.05, 3.63) is 54.1 Å². The van der Waals surface area contributed by atoms with Gasteiger partial charge in [-0.2, -0.15) is 0 Å². The number of nitrogens with one attached hydrogen (secondary N) is 3. The van der Waals surface area contributed by atoms with E-state index in [0.29, 0.717) is 11.4 Å². The van der Waals surface area contributed by atoms with Crippen molar-refractivity contribution in [2.24, 2.45) is 5.92 Å². The topological polar surface area (TPSA) is 104 Å². The number of carbonyl (C=O) groups is 2. The minimum atomic E-state index is -3.72. The van der Waals surface area contributed by atoms with E-state index in [1.54, 1.807) is 31.2 Å². The van der Waals surface area contributed by atoms with Gasteiger partial charge in [-0.15, -0.1) is 0 Å². The molecule has 2 amide bonds. The molecule has 1 atom stereocenters. The van der Waals surface area contributed by atoms with Gasteiger partial charge < -0.3 is 10.6 Å². The molecule has 148 valence electrons. The van der Waals surface area contributed by atoms with Crippen LogP contribution < -0.4 is 15.4 Å². The highest BCUT2D eigenvalue weighted by Crippen LogP contribution is 2.30. The fourth-order valence-electron chi connectivity index (χ4n) is 2.73. The van der Waals surface area contributed by atoms with E-state index in [1.165, 1.54) is 31.2 Å². The van der Waals surface area contributed by atoms with Crippen LogP contribution in [0.1, 0.15) is 38.3 Å². The van der Waals surface area contributed by atoms with E-state index in [-0.39, 0.29) is 22.6 Å². The number of carbonyl (C=O) groups excluding carboxylic acids is 2. The molecule has 0 heterocycles. The lowest BCUT2D eigenvalue weighted by atomic mass is 10.1. The lowest BCUT2D eigenvalue weighted by Crippen LogP contribution is -2.27. The molecular formula is C20H23N3O4S. The molecule has 1 aliphatic rings. The molecule has 0 spiro atoms. The van der Waals surface area contributed by atoms with Crippen LogP contribution in [0, 0.1) is 5.92 Å². The van der Waals surface area contributed by atoms with Gasteiger partial charge in [0.25, 0.3) is 0 Å². The largest absolute Gasteiger partial charge is 0.326 e.